The van der Waals surface area contributed by atoms with E-state index in [1.165, 1.54) is 13.0 Å². The number of benzene rings is 1. The zero-order valence-electron chi connectivity index (χ0n) is 11.6. The Morgan fingerprint density at radius 1 is 1.40 bits per heavy atom. The van der Waals surface area contributed by atoms with Crippen molar-refractivity contribution in [3.05, 3.63) is 23.8 Å². The molecule has 20 heavy (non-hydrogen) atoms. The van der Waals surface area contributed by atoms with Crippen molar-refractivity contribution in [1.29, 1.82) is 0 Å². The van der Waals surface area contributed by atoms with Crippen molar-refractivity contribution < 1.29 is 13.2 Å². The van der Waals surface area contributed by atoms with Gasteiger partial charge >= 0.3 is 0 Å². The fourth-order valence-corrected chi connectivity index (χ4v) is 3.43. The summed E-state index contributed by atoms with van der Waals surface area (Å²) in [5, 5.41) is 5.74. The van der Waals surface area contributed by atoms with E-state index >= 15 is 0 Å². The average molecular weight is 297 g/mol. The fourth-order valence-electron chi connectivity index (χ4n) is 2.14. The number of nitrogens with one attached hydrogen (secondary N) is 3. The molecule has 1 heterocycles. The first-order chi connectivity index (χ1) is 9.38. The average Bonchev–Trinajstić information content (AvgIpc) is 2.83. The van der Waals surface area contributed by atoms with Gasteiger partial charge in [0.2, 0.25) is 15.9 Å². The first-order valence-electron chi connectivity index (χ1n) is 6.50. The molecule has 1 amide bonds. The van der Waals surface area contributed by atoms with Crippen molar-refractivity contribution in [2.75, 3.05) is 18.4 Å². The van der Waals surface area contributed by atoms with Crippen molar-refractivity contribution in [3.8, 4) is 0 Å². The lowest BCUT2D eigenvalue weighted by Gasteiger charge is -2.14. The van der Waals surface area contributed by atoms with Gasteiger partial charge in [0.1, 0.15) is 0 Å². The molecule has 0 aromatic heterocycles. The standard InChI is InChI=1S/C13H19N3O3S/c1-9-3-4-12(7-13(9)15-10(2)17)20(18,19)16-11-5-6-14-8-11/h3-4,7,11,14,16H,5-6,8H2,1-2H3,(H,15,17). The summed E-state index contributed by atoms with van der Waals surface area (Å²) < 4.78 is 27.2. The second-order valence-electron chi connectivity index (χ2n) is 4.97. The molecule has 1 aromatic rings. The molecule has 3 N–H and O–H groups in total. The van der Waals surface area contributed by atoms with E-state index in [4.69, 9.17) is 0 Å². The third-order valence-electron chi connectivity index (χ3n) is 3.21. The molecule has 0 aliphatic carbocycles. The number of aryl methyl sites for hydroxylation is 1. The van der Waals surface area contributed by atoms with Crippen LogP contribution in [0.25, 0.3) is 0 Å². The number of sulfonamides is 1. The van der Waals surface area contributed by atoms with Crippen LogP contribution < -0.4 is 15.4 Å². The van der Waals surface area contributed by atoms with Crippen molar-refractivity contribution >= 4 is 21.6 Å². The molecular formula is C13H19N3O3S. The maximum Gasteiger partial charge on any atom is 0.240 e. The van der Waals surface area contributed by atoms with Gasteiger partial charge in [0.05, 0.1) is 4.90 Å². The SMILES string of the molecule is CC(=O)Nc1cc(S(=O)(=O)NC2CCNC2)ccc1C. The van der Waals surface area contributed by atoms with E-state index in [9.17, 15) is 13.2 Å². The summed E-state index contributed by atoms with van der Waals surface area (Å²) in [6.07, 6.45) is 0.781. The summed E-state index contributed by atoms with van der Waals surface area (Å²) in [7, 11) is -3.56. The highest BCUT2D eigenvalue weighted by Gasteiger charge is 2.23. The zero-order valence-corrected chi connectivity index (χ0v) is 12.4. The lowest BCUT2D eigenvalue weighted by Crippen LogP contribution is -2.36. The third-order valence-corrected chi connectivity index (χ3v) is 4.73. The summed E-state index contributed by atoms with van der Waals surface area (Å²) in [6.45, 7) is 4.67. The number of anilines is 1. The molecule has 1 aliphatic rings. The van der Waals surface area contributed by atoms with Crippen LogP contribution in [-0.2, 0) is 14.8 Å². The van der Waals surface area contributed by atoms with Gasteiger partial charge in [-0.3, -0.25) is 4.79 Å². The van der Waals surface area contributed by atoms with Crippen LogP contribution in [0, 0.1) is 6.92 Å². The second-order valence-corrected chi connectivity index (χ2v) is 6.68. The third kappa shape index (κ3) is 3.56. The molecule has 1 saturated heterocycles. The maximum atomic E-state index is 12.3. The molecule has 110 valence electrons. The number of hydrogen-bond acceptors (Lipinski definition) is 4. The molecule has 0 spiro atoms. The molecule has 6 nitrogen and oxygen atoms in total. The largest absolute Gasteiger partial charge is 0.326 e. The molecular weight excluding hydrogens is 278 g/mol. The van der Waals surface area contributed by atoms with Crippen LogP contribution in [-0.4, -0.2) is 33.5 Å². The summed E-state index contributed by atoms with van der Waals surface area (Å²) in [4.78, 5) is 11.3. The molecule has 1 aliphatic heterocycles. The van der Waals surface area contributed by atoms with Gasteiger partial charge in [-0.25, -0.2) is 13.1 Å². The Balaban J connectivity index is 2.24. The lowest BCUT2D eigenvalue weighted by molar-refractivity contribution is -0.114. The maximum absolute atomic E-state index is 12.3. The Morgan fingerprint density at radius 3 is 2.75 bits per heavy atom. The highest BCUT2D eigenvalue weighted by Crippen LogP contribution is 2.20. The van der Waals surface area contributed by atoms with Crippen LogP contribution in [0.4, 0.5) is 5.69 Å². The minimum absolute atomic E-state index is 0.0782. The fraction of sp³-hybridized carbons (Fsp3) is 0.462. The van der Waals surface area contributed by atoms with Gasteiger partial charge in [-0.1, -0.05) is 6.07 Å². The number of rotatable bonds is 4. The Hall–Kier alpha value is -1.44. The zero-order chi connectivity index (χ0) is 14.8. The predicted octanol–water partition coefficient (Wildman–Crippen LogP) is 0.594. The van der Waals surface area contributed by atoms with Gasteiger partial charge in [0, 0.05) is 25.2 Å². The Bertz CT molecular complexity index is 607. The summed E-state index contributed by atoms with van der Waals surface area (Å²) in [5.41, 5.74) is 1.34. The van der Waals surface area contributed by atoms with Gasteiger partial charge in [-0.2, -0.15) is 0 Å². The Labute approximate surface area is 119 Å². The quantitative estimate of drug-likeness (QED) is 0.759. The van der Waals surface area contributed by atoms with E-state index in [0.717, 1.165) is 18.5 Å². The van der Waals surface area contributed by atoms with E-state index < -0.39 is 10.0 Å². The number of hydrogen-bond donors (Lipinski definition) is 3. The first-order valence-corrected chi connectivity index (χ1v) is 7.98. The van der Waals surface area contributed by atoms with Gasteiger partial charge in [0.25, 0.3) is 0 Å². The minimum Gasteiger partial charge on any atom is -0.326 e. The van der Waals surface area contributed by atoms with E-state index in [0.29, 0.717) is 12.2 Å². The lowest BCUT2D eigenvalue weighted by atomic mass is 10.2. The van der Waals surface area contributed by atoms with E-state index in [2.05, 4.69) is 15.4 Å². The number of carbonyl (C=O) groups excluding carboxylic acids is 1. The predicted molar refractivity (Wildman–Crippen MR) is 77.1 cm³/mol. The Kier molecular flexibility index (Phi) is 4.42. The molecule has 0 saturated carbocycles. The molecule has 7 heteroatoms. The minimum atomic E-state index is -3.56. The van der Waals surface area contributed by atoms with E-state index in [1.807, 2.05) is 6.92 Å². The van der Waals surface area contributed by atoms with Crippen molar-refractivity contribution in [2.24, 2.45) is 0 Å². The molecule has 1 atom stereocenters. The summed E-state index contributed by atoms with van der Waals surface area (Å²) >= 11 is 0. The summed E-state index contributed by atoms with van der Waals surface area (Å²) in [5.74, 6) is -0.226. The monoisotopic (exact) mass is 297 g/mol. The number of amides is 1. The van der Waals surface area contributed by atoms with Crippen LogP contribution >= 0.6 is 0 Å². The van der Waals surface area contributed by atoms with Gasteiger partial charge in [-0.05, 0) is 37.6 Å². The number of carbonyl (C=O) groups is 1. The van der Waals surface area contributed by atoms with E-state index in [1.54, 1.807) is 12.1 Å². The molecule has 1 fully saturated rings. The van der Waals surface area contributed by atoms with Gasteiger partial charge in [-0.15, -0.1) is 0 Å². The Morgan fingerprint density at radius 2 is 2.15 bits per heavy atom. The first kappa shape index (κ1) is 15.0. The topological polar surface area (TPSA) is 87.3 Å². The van der Waals surface area contributed by atoms with Crippen molar-refractivity contribution in [1.82, 2.24) is 10.0 Å². The van der Waals surface area contributed by atoms with Crippen LogP contribution in [0.5, 0.6) is 0 Å². The van der Waals surface area contributed by atoms with Crippen molar-refractivity contribution in [2.45, 2.75) is 31.2 Å². The van der Waals surface area contributed by atoms with Crippen LogP contribution in [0.1, 0.15) is 18.9 Å². The normalized spacial score (nSPS) is 19.0. The highest BCUT2D eigenvalue weighted by molar-refractivity contribution is 7.89. The van der Waals surface area contributed by atoms with Crippen LogP contribution in [0.15, 0.2) is 23.1 Å². The van der Waals surface area contributed by atoms with Gasteiger partial charge < -0.3 is 10.6 Å². The van der Waals surface area contributed by atoms with Crippen LogP contribution in [0.3, 0.4) is 0 Å². The highest BCUT2D eigenvalue weighted by atomic mass is 32.2. The summed E-state index contributed by atoms with van der Waals surface area (Å²) in [6, 6.07) is 4.64. The molecule has 0 radical (unpaired) electrons. The second kappa shape index (κ2) is 5.90. The van der Waals surface area contributed by atoms with E-state index in [-0.39, 0.29) is 16.8 Å². The smallest absolute Gasteiger partial charge is 0.240 e. The van der Waals surface area contributed by atoms with Crippen molar-refractivity contribution in [3.63, 3.8) is 0 Å². The van der Waals surface area contributed by atoms with Gasteiger partial charge in [0.15, 0.2) is 0 Å². The molecule has 2 rings (SSSR count). The molecule has 1 unspecified atom stereocenters. The van der Waals surface area contributed by atoms with Crippen LogP contribution in [0.2, 0.25) is 0 Å². The molecule has 0 bridgehead atoms. The molecule has 1 aromatic carbocycles.